The van der Waals surface area contributed by atoms with Gasteiger partial charge in [0, 0.05) is 6.07 Å². The third-order valence-electron chi connectivity index (χ3n) is 3.13. The number of halogens is 3. The van der Waals surface area contributed by atoms with Gasteiger partial charge in [0.2, 0.25) is 5.82 Å². The summed E-state index contributed by atoms with van der Waals surface area (Å²) in [6.07, 6.45) is -2.39. The van der Waals surface area contributed by atoms with Crippen LogP contribution in [0.2, 0.25) is 0 Å². The van der Waals surface area contributed by atoms with E-state index in [4.69, 9.17) is 5.84 Å². The molecule has 9 heteroatoms. The van der Waals surface area contributed by atoms with Crippen LogP contribution in [0, 0.1) is 0 Å². The van der Waals surface area contributed by atoms with Crippen LogP contribution in [0.5, 0.6) is 0 Å². The molecule has 1 aromatic heterocycles. The van der Waals surface area contributed by atoms with Gasteiger partial charge in [-0.05, 0) is 19.3 Å². The summed E-state index contributed by atoms with van der Waals surface area (Å²) in [6, 6.07) is 1.27. The number of nitrogens with one attached hydrogen (secondary N) is 2. The van der Waals surface area contributed by atoms with Crippen molar-refractivity contribution in [3.05, 3.63) is 11.9 Å². The van der Waals surface area contributed by atoms with Crippen molar-refractivity contribution in [3.8, 4) is 0 Å². The number of hydrogen-bond donors (Lipinski definition) is 4. The number of nitrogens with zero attached hydrogens (tertiary/aromatic N) is 2. The van der Waals surface area contributed by atoms with Crippen LogP contribution in [0.4, 0.5) is 24.8 Å². The summed E-state index contributed by atoms with van der Waals surface area (Å²) in [7, 11) is 0. The molecule has 5 N–H and O–H groups in total. The zero-order chi connectivity index (χ0) is 14.1. The Kier molecular flexibility index (Phi) is 3.50. The second kappa shape index (κ2) is 4.82. The van der Waals surface area contributed by atoms with Crippen molar-refractivity contribution in [2.24, 2.45) is 5.84 Å². The fraction of sp³-hybridized carbons (Fsp3) is 0.600. The molecule has 1 aliphatic rings. The van der Waals surface area contributed by atoms with Crippen LogP contribution in [0.15, 0.2) is 6.07 Å². The molecule has 1 aromatic rings. The molecule has 2 rings (SSSR count). The first-order valence-electron chi connectivity index (χ1n) is 5.70. The smallest absolute Gasteiger partial charge is 0.394 e. The lowest BCUT2D eigenvalue weighted by Crippen LogP contribution is -2.48. The third-order valence-corrected chi connectivity index (χ3v) is 3.13. The summed E-state index contributed by atoms with van der Waals surface area (Å²) in [4.78, 5) is 6.66. The standard InChI is InChI=1S/C10H14F3N5O/c11-10(12,13)8-15-6(4-7(16-8)18-14)17-9(5-19)2-1-3-9/h4,19H,1-3,5,14H2,(H2,15,16,17,18). The molecule has 0 unspecified atom stereocenters. The van der Waals surface area contributed by atoms with E-state index in [2.05, 4.69) is 20.7 Å². The second-order valence-corrected chi connectivity index (χ2v) is 4.52. The van der Waals surface area contributed by atoms with E-state index in [9.17, 15) is 18.3 Å². The Balaban J connectivity index is 2.29. The molecular weight excluding hydrogens is 263 g/mol. The van der Waals surface area contributed by atoms with Gasteiger partial charge in [-0.25, -0.2) is 15.8 Å². The number of nitrogen functional groups attached to an aromatic ring is 1. The number of hydrogen-bond acceptors (Lipinski definition) is 6. The number of aliphatic hydroxyl groups is 1. The molecule has 0 saturated heterocycles. The minimum Gasteiger partial charge on any atom is -0.394 e. The van der Waals surface area contributed by atoms with E-state index in [-0.39, 0.29) is 18.2 Å². The van der Waals surface area contributed by atoms with Gasteiger partial charge in [-0.1, -0.05) is 0 Å². The van der Waals surface area contributed by atoms with Crippen molar-refractivity contribution >= 4 is 11.6 Å². The molecule has 0 radical (unpaired) electrons. The Hall–Kier alpha value is -1.61. The van der Waals surface area contributed by atoms with Gasteiger partial charge in [0.1, 0.15) is 11.6 Å². The van der Waals surface area contributed by atoms with Crippen LogP contribution >= 0.6 is 0 Å². The first-order chi connectivity index (χ1) is 8.88. The van der Waals surface area contributed by atoms with Gasteiger partial charge >= 0.3 is 6.18 Å². The minimum absolute atomic E-state index is 0.0102. The van der Waals surface area contributed by atoms with Crippen LogP contribution in [0.25, 0.3) is 0 Å². The highest BCUT2D eigenvalue weighted by atomic mass is 19.4. The minimum atomic E-state index is -4.66. The molecule has 6 nitrogen and oxygen atoms in total. The summed E-state index contributed by atoms with van der Waals surface area (Å²) in [5.74, 6) is 3.66. The van der Waals surface area contributed by atoms with E-state index in [0.29, 0.717) is 12.8 Å². The molecule has 1 fully saturated rings. The number of hydrazine groups is 1. The van der Waals surface area contributed by atoms with Crippen molar-refractivity contribution in [1.29, 1.82) is 0 Å². The molecule has 1 saturated carbocycles. The molecule has 0 aliphatic heterocycles. The second-order valence-electron chi connectivity index (χ2n) is 4.52. The fourth-order valence-electron chi connectivity index (χ4n) is 1.91. The Labute approximate surface area is 107 Å². The van der Waals surface area contributed by atoms with E-state index in [1.165, 1.54) is 6.07 Å². The Morgan fingerprint density at radius 1 is 1.32 bits per heavy atom. The number of aliphatic hydroxyl groups excluding tert-OH is 1. The lowest BCUT2D eigenvalue weighted by Gasteiger charge is -2.41. The maximum Gasteiger partial charge on any atom is 0.451 e. The summed E-state index contributed by atoms with van der Waals surface area (Å²) in [6.45, 7) is -0.163. The average Bonchev–Trinajstić information content (AvgIpc) is 2.32. The highest BCUT2D eigenvalue weighted by Gasteiger charge is 2.39. The van der Waals surface area contributed by atoms with Crippen molar-refractivity contribution in [1.82, 2.24) is 9.97 Å². The van der Waals surface area contributed by atoms with E-state index in [1.54, 1.807) is 0 Å². The Morgan fingerprint density at radius 2 is 1.95 bits per heavy atom. The van der Waals surface area contributed by atoms with Gasteiger partial charge in [-0.15, -0.1) is 0 Å². The van der Waals surface area contributed by atoms with Gasteiger partial charge in [0.05, 0.1) is 12.1 Å². The zero-order valence-corrected chi connectivity index (χ0v) is 9.96. The monoisotopic (exact) mass is 277 g/mol. The maximum atomic E-state index is 12.6. The number of nitrogens with two attached hydrogens (primary N) is 1. The van der Waals surface area contributed by atoms with Gasteiger partial charge in [0.25, 0.3) is 0 Å². The zero-order valence-electron chi connectivity index (χ0n) is 9.96. The van der Waals surface area contributed by atoms with E-state index < -0.39 is 17.5 Å². The topological polar surface area (TPSA) is 96.1 Å². The summed E-state index contributed by atoms with van der Waals surface area (Å²) in [5.41, 5.74) is 1.47. The molecule has 0 aromatic carbocycles. The number of aromatic nitrogens is 2. The highest BCUT2D eigenvalue weighted by molar-refractivity contribution is 5.49. The quantitative estimate of drug-likeness (QED) is 0.486. The van der Waals surface area contributed by atoms with Gasteiger partial charge in [0.15, 0.2) is 0 Å². The molecule has 0 atom stereocenters. The van der Waals surface area contributed by atoms with Gasteiger partial charge < -0.3 is 15.8 Å². The number of anilines is 2. The van der Waals surface area contributed by atoms with Gasteiger partial charge in [-0.2, -0.15) is 13.2 Å². The van der Waals surface area contributed by atoms with Crippen molar-refractivity contribution in [2.75, 3.05) is 17.3 Å². The first-order valence-corrected chi connectivity index (χ1v) is 5.70. The molecule has 1 heterocycles. The average molecular weight is 277 g/mol. The fourth-order valence-corrected chi connectivity index (χ4v) is 1.91. The lowest BCUT2D eigenvalue weighted by atomic mass is 9.77. The van der Waals surface area contributed by atoms with Crippen LogP contribution < -0.4 is 16.6 Å². The third kappa shape index (κ3) is 2.87. The summed E-state index contributed by atoms with van der Waals surface area (Å²) >= 11 is 0. The molecule has 106 valence electrons. The van der Waals surface area contributed by atoms with Crippen LogP contribution in [0.1, 0.15) is 25.1 Å². The summed E-state index contributed by atoms with van der Waals surface area (Å²) < 4.78 is 37.9. The first kappa shape index (κ1) is 13.8. The predicted molar refractivity (Wildman–Crippen MR) is 62.1 cm³/mol. The molecular formula is C10H14F3N5O. The molecule has 0 spiro atoms. The van der Waals surface area contributed by atoms with Crippen LogP contribution in [-0.4, -0.2) is 27.2 Å². The van der Waals surface area contributed by atoms with Crippen molar-refractivity contribution < 1.29 is 18.3 Å². The van der Waals surface area contributed by atoms with Crippen LogP contribution in [-0.2, 0) is 6.18 Å². The van der Waals surface area contributed by atoms with E-state index in [0.717, 1.165) is 6.42 Å². The largest absolute Gasteiger partial charge is 0.451 e. The van der Waals surface area contributed by atoms with Crippen molar-refractivity contribution in [2.45, 2.75) is 31.0 Å². The molecule has 19 heavy (non-hydrogen) atoms. The predicted octanol–water partition coefficient (Wildman–Crippen LogP) is 1.11. The van der Waals surface area contributed by atoms with Crippen molar-refractivity contribution in [3.63, 3.8) is 0 Å². The molecule has 0 bridgehead atoms. The lowest BCUT2D eigenvalue weighted by molar-refractivity contribution is -0.144. The summed E-state index contributed by atoms with van der Waals surface area (Å²) in [5, 5.41) is 12.1. The normalized spacial score (nSPS) is 17.7. The Bertz CT molecular complexity index is 455. The maximum absolute atomic E-state index is 12.6. The molecule has 1 aliphatic carbocycles. The SMILES string of the molecule is NNc1cc(NC2(CO)CCC2)nc(C(F)(F)F)n1. The Morgan fingerprint density at radius 3 is 2.37 bits per heavy atom. The van der Waals surface area contributed by atoms with Gasteiger partial charge in [-0.3, -0.25) is 0 Å². The van der Waals surface area contributed by atoms with Crippen LogP contribution in [0.3, 0.4) is 0 Å². The number of rotatable bonds is 4. The highest BCUT2D eigenvalue weighted by Crippen LogP contribution is 2.35. The molecule has 0 amide bonds. The number of alkyl halides is 3. The van der Waals surface area contributed by atoms with E-state index >= 15 is 0 Å². The van der Waals surface area contributed by atoms with E-state index in [1.807, 2.05) is 0 Å².